The quantitative estimate of drug-likeness (QED) is 0.0706. The minimum absolute atomic E-state index is 0.0102. The van der Waals surface area contributed by atoms with Gasteiger partial charge in [0.15, 0.2) is 22.6 Å². The smallest absolute Gasteiger partial charge is 0.227 e. The number of halogens is 4. The summed E-state index contributed by atoms with van der Waals surface area (Å²) >= 11 is 23.6. The number of benzene rings is 4. The Bertz CT molecular complexity index is 4540. The summed E-state index contributed by atoms with van der Waals surface area (Å²) in [6.07, 6.45) is 31.9. The molecule has 4 saturated carbocycles. The van der Waals surface area contributed by atoms with Crippen LogP contribution in [0.5, 0.6) is 0 Å². The Morgan fingerprint density at radius 1 is 0.286 bits per heavy atom. The maximum absolute atomic E-state index is 12.7. The number of carbonyl (C=O) groups is 4. The van der Waals surface area contributed by atoms with Crippen LogP contribution in [0.4, 0.5) is 22.7 Å². The molecule has 4 aliphatic rings. The summed E-state index contributed by atoms with van der Waals surface area (Å²) in [5.74, 6) is 3.88. The number of aryl methyl sites for hydroxylation is 4. The molecule has 4 fully saturated rings. The number of nitrogens with one attached hydrogen (secondary N) is 4. The molecule has 20 nitrogen and oxygen atoms in total. The van der Waals surface area contributed by atoms with Gasteiger partial charge < -0.3 is 39.5 Å². The van der Waals surface area contributed by atoms with E-state index in [2.05, 4.69) is 85.4 Å². The van der Waals surface area contributed by atoms with Gasteiger partial charge in [-0.05, 0) is 294 Å². The summed E-state index contributed by atoms with van der Waals surface area (Å²) in [7, 11) is 7.90. The van der Waals surface area contributed by atoms with Crippen molar-refractivity contribution in [2.45, 2.75) is 154 Å². The van der Waals surface area contributed by atoms with Gasteiger partial charge in [0, 0.05) is 119 Å². The second-order valence-corrected chi connectivity index (χ2v) is 33.0. The molecule has 8 heterocycles. The zero-order valence-electron chi connectivity index (χ0n) is 64.9. The highest BCUT2D eigenvalue weighted by Gasteiger charge is 2.36. The minimum atomic E-state index is -0.0102. The van der Waals surface area contributed by atoms with Crippen molar-refractivity contribution in [3.63, 3.8) is 0 Å². The van der Waals surface area contributed by atoms with Crippen LogP contribution in [0, 0.1) is 47.3 Å². The molecule has 584 valence electrons. The average Bonchev–Trinajstić information content (AvgIpc) is 1.58. The van der Waals surface area contributed by atoms with Crippen molar-refractivity contribution in [1.82, 2.24) is 58.1 Å². The Balaban J connectivity index is 0.000000131. The first-order valence-corrected chi connectivity index (χ1v) is 40.9. The van der Waals surface area contributed by atoms with Gasteiger partial charge in [0.25, 0.3) is 0 Å². The fourth-order valence-corrected chi connectivity index (χ4v) is 17.7. The van der Waals surface area contributed by atoms with Crippen LogP contribution in [-0.4, -0.2) is 81.8 Å². The van der Waals surface area contributed by atoms with Crippen LogP contribution in [0.3, 0.4) is 0 Å². The molecule has 8 aromatic heterocycles. The van der Waals surface area contributed by atoms with E-state index < -0.39 is 0 Å². The van der Waals surface area contributed by atoms with E-state index in [0.717, 1.165) is 170 Å². The molecule has 0 aliphatic heterocycles. The molecule has 0 spiro atoms. The molecular formula is C88H100Cl4N16O4. The van der Waals surface area contributed by atoms with Crippen LogP contribution in [0.25, 0.3) is 44.7 Å². The van der Waals surface area contributed by atoms with Crippen molar-refractivity contribution in [1.29, 1.82) is 0 Å². The predicted octanol–water partition coefficient (Wildman–Crippen LogP) is 20.7. The fourth-order valence-electron chi connectivity index (χ4n) is 17.2. The fraction of sp³-hybridized carbons (Fsp3) is 0.409. The second kappa shape index (κ2) is 36.9. The second-order valence-electron chi connectivity index (χ2n) is 31.3. The Morgan fingerprint density at radius 2 is 0.464 bits per heavy atom. The summed E-state index contributed by atoms with van der Waals surface area (Å²) in [4.78, 5) is 86.7. The van der Waals surface area contributed by atoms with E-state index in [1.807, 2.05) is 173 Å². The van der Waals surface area contributed by atoms with Gasteiger partial charge in [-0.15, -0.1) is 0 Å². The number of imidazole rings is 4. The molecule has 4 aromatic carbocycles. The number of amides is 4. The van der Waals surface area contributed by atoms with Gasteiger partial charge in [0.05, 0.1) is 25.3 Å². The molecule has 12 aromatic rings. The highest BCUT2D eigenvalue weighted by molar-refractivity contribution is 6.31. The highest BCUT2D eigenvalue weighted by atomic mass is 35.5. The number of rotatable bonds is 16. The number of hydrogen-bond acceptors (Lipinski definition) is 12. The van der Waals surface area contributed by atoms with E-state index in [1.54, 1.807) is 48.5 Å². The van der Waals surface area contributed by atoms with Crippen molar-refractivity contribution in [2.75, 3.05) is 21.3 Å². The van der Waals surface area contributed by atoms with Crippen LogP contribution in [0.1, 0.15) is 176 Å². The van der Waals surface area contributed by atoms with Gasteiger partial charge in [0.1, 0.15) is 22.1 Å². The first-order chi connectivity index (χ1) is 54.1. The number of pyridine rings is 4. The van der Waals surface area contributed by atoms with Gasteiger partial charge in [-0.25, -0.2) is 39.9 Å². The molecule has 4 atom stereocenters. The molecule has 4 N–H and O–H groups in total. The van der Waals surface area contributed by atoms with Crippen LogP contribution in [0.15, 0.2) is 171 Å². The van der Waals surface area contributed by atoms with E-state index in [9.17, 15) is 19.2 Å². The van der Waals surface area contributed by atoms with Gasteiger partial charge in [-0.2, -0.15) is 0 Å². The highest BCUT2D eigenvalue weighted by Crippen LogP contribution is 2.45. The monoisotopic (exact) mass is 1580 g/mol. The lowest BCUT2D eigenvalue weighted by molar-refractivity contribution is -0.122. The zero-order valence-corrected chi connectivity index (χ0v) is 67.9. The first-order valence-electron chi connectivity index (χ1n) is 39.4. The number of aromatic nitrogens is 12. The molecule has 0 bridgehead atoms. The number of anilines is 4. The Kier molecular flexibility index (Phi) is 26.5. The largest absolute Gasteiger partial charge is 0.326 e. The zero-order chi connectivity index (χ0) is 78.7. The van der Waals surface area contributed by atoms with E-state index in [4.69, 9.17) is 46.4 Å². The summed E-state index contributed by atoms with van der Waals surface area (Å²) < 4.78 is 7.86. The Morgan fingerprint density at radius 3 is 0.643 bits per heavy atom. The average molecular weight is 1590 g/mol. The topological polar surface area (TPSA) is 239 Å². The molecular weight excluding hydrogens is 1490 g/mol. The SMILES string of the molecule is CC(C(=O)Nc1ccc(Cl)cc1)C1CCC(c2ccnc3c2ncn3C)CC1.CC(C(=O)Nc1ccc(Cl)cc1)C1CCC(c2ccnc3c2ncn3C)CC1.CC(C(=O)Nc1ccc(Cl)cc1)C1CCC(c2ccnc3c2ncn3C)CC1.CC(C(=O)Nc1ccc(Cl)cc1)C1CCC(c2ccnc3c2ncn3C)CC1. The normalized spacial score (nSPS) is 20.8. The van der Waals surface area contributed by atoms with E-state index in [1.165, 1.54) is 22.3 Å². The van der Waals surface area contributed by atoms with Gasteiger partial charge in [-0.1, -0.05) is 74.1 Å². The third-order valence-electron chi connectivity index (χ3n) is 24.3. The Hall–Kier alpha value is -9.60. The number of nitrogens with zero attached hydrogens (tertiary/aromatic N) is 12. The molecule has 0 saturated heterocycles. The third-order valence-corrected chi connectivity index (χ3v) is 25.3. The lowest BCUT2D eigenvalue weighted by Gasteiger charge is -2.32. The van der Waals surface area contributed by atoms with Gasteiger partial charge in [0.2, 0.25) is 23.6 Å². The number of hydrogen-bond donors (Lipinski definition) is 4. The summed E-state index contributed by atoms with van der Waals surface area (Å²) in [5, 5.41) is 14.7. The lowest BCUT2D eigenvalue weighted by Crippen LogP contribution is -2.29. The number of fused-ring (bicyclic) bond motifs is 4. The lowest BCUT2D eigenvalue weighted by atomic mass is 9.74. The first kappa shape index (κ1) is 80.4. The van der Waals surface area contributed by atoms with E-state index in [0.29, 0.717) is 67.4 Å². The van der Waals surface area contributed by atoms with Crippen LogP contribution in [-0.2, 0) is 47.4 Å². The van der Waals surface area contributed by atoms with Crippen LogP contribution in [0.2, 0.25) is 20.1 Å². The summed E-state index contributed by atoms with van der Waals surface area (Å²) in [6.45, 7) is 8.17. The minimum Gasteiger partial charge on any atom is -0.326 e. The summed E-state index contributed by atoms with van der Waals surface area (Å²) in [5.41, 5.74) is 16.2. The molecule has 4 aliphatic carbocycles. The van der Waals surface area contributed by atoms with Crippen molar-refractivity contribution in [3.05, 3.63) is 214 Å². The molecule has 4 amide bonds. The Labute approximate surface area is 675 Å². The number of carbonyl (C=O) groups excluding carboxylic acids is 4. The van der Waals surface area contributed by atoms with E-state index in [-0.39, 0.29) is 47.3 Å². The van der Waals surface area contributed by atoms with Crippen molar-refractivity contribution in [3.8, 4) is 0 Å². The third kappa shape index (κ3) is 19.4. The molecule has 112 heavy (non-hydrogen) atoms. The van der Waals surface area contributed by atoms with Crippen molar-refractivity contribution in [2.24, 2.45) is 75.5 Å². The predicted molar refractivity (Wildman–Crippen MR) is 450 cm³/mol. The van der Waals surface area contributed by atoms with E-state index >= 15 is 0 Å². The van der Waals surface area contributed by atoms with Crippen LogP contribution >= 0.6 is 46.4 Å². The molecule has 24 heteroatoms. The maximum atomic E-state index is 12.7. The standard InChI is InChI=1S/4C22H25ClN4O/c4*1-14(22(28)26-18-9-7-17(23)8-10-18)15-3-5-16(6-4-15)19-11-12-24-21-20(19)25-13-27(21)2/h4*7-16H,3-6H2,1-2H3,(H,26,28). The van der Waals surface area contributed by atoms with Crippen LogP contribution < -0.4 is 21.3 Å². The molecule has 0 radical (unpaired) electrons. The van der Waals surface area contributed by atoms with Crippen molar-refractivity contribution < 1.29 is 19.2 Å². The maximum Gasteiger partial charge on any atom is 0.227 e. The summed E-state index contributed by atoms with van der Waals surface area (Å²) in [6, 6.07) is 37.5. The van der Waals surface area contributed by atoms with Gasteiger partial charge >= 0.3 is 0 Å². The van der Waals surface area contributed by atoms with Gasteiger partial charge in [-0.3, -0.25) is 19.2 Å². The molecule has 4 unspecified atom stereocenters. The molecule has 16 rings (SSSR count). The van der Waals surface area contributed by atoms with Crippen molar-refractivity contribution >= 4 is 137 Å².